The first-order valence-electron chi connectivity index (χ1n) is 7.01. The molecule has 102 valence electrons. The van der Waals surface area contributed by atoms with Crippen LogP contribution in [0.5, 0.6) is 0 Å². The van der Waals surface area contributed by atoms with E-state index in [1.165, 1.54) is 0 Å². The molecular formula is C19H14O2. The van der Waals surface area contributed by atoms with Crippen molar-refractivity contribution in [3.05, 3.63) is 83.4 Å². The number of rotatable bonds is 1. The maximum atomic E-state index is 12.4. The van der Waals surface area contributed by atoms with E-state index in [2.05, 4.69) is 6.07 Å². The van der Waals surface area contributed by atoms with Gasteiger partial charge in [-0.05, 0) is 23.3 Å². The summed E-state index contributed by atoms with van der Waals surface area (Å²) in [5, 5.41) is 2.02. The third-order valence-corrected chi connectivity index (χ3v) is 4.27. The van der Waals surface area contributed by atoms with Gasteiger partial charge in [0.15, 0.2) is 5.60 Å². The molecule has 0 aromatic heterocycles. The SMILES string of the molecule is CC1(c2ccccc2)OC(=O)c2c1ccc1ccccc21. The molecule has 3 aromatic rings. The van der Waals surface area contributed by atoms with Crippen LogP contribution in [0, 0.1) is 0 Å². The maximum absolute atomic E-state index is 12.4. The van der Waals surface area contributed by atoms with Crippen LogP contribution in [-0.4, -0.2) is 5.97 Å². The van der Waals surface area contributed by atoms with Gasteiger partial charge in [0.05, 0.1) is 5.56 Å². The van der Waals surface area contributed by atoms with E-state index in [9.17, 15) is 4.79 Å². The van der Waals surface area contributed by atoms with Gasteiger partial charge in [0, 0.05) is 5.56 Å². The molecule has 3 aromatic carbocycles. The second kappa shape index (κ2) is 4.19. The largest absolute Gasteiger partial charge is 0.446 e. The summed E-state index contributed by atoms with van der Waals surface area (Å²) in [5.74, 6) is -0.242. The fraction of sp³-hybridized carbons (Fsp3) is 0.105. The van der Waals surface area contributed by atoms with Crippen LogP contribution in [0.4, 0.5) is 0 Å². The first kappa shape index (κ1) is 12.2. The topological polar surface area (TPSA) is 26.3 Å². The molecule has 0 bridgehead atoms. The molecule has 1 aliphatic heterocycles. The third-order valence-electron chi connectivity index (χ3n) is 4.27. The number of ether oxygens (including phenoxy) is 1. The summed E-state index contributed by atoms with van der Waals surface area (Å²) >= 11 is 0. The summed E-state index contributed by atoms with van der Waals surface area (Å²) in [6.45, 7) is 1.96. The zero-order valence-electron chi connectivity index (χ0n) is 11.7. The Kier molecular flexibility index (Phi) is 2.43. The fourth-order valence-corrected chi connectivity index (χ4v) is 3.15. The maximum Gasteiger partial charge on any atom is 0.340 e. The Morgan fingerprint density at radius 3 is 2.38 bits per heavy atom. The first-order valence-corrected chi connectivity index (χ1v) is 7.01. The molecule has 2 nitrogen and oxygen atoms in total. The van der Waals surface area contributed by atoms with Gasteiger partial charge in [-0.1, -0.05) is 66.7 Å². The number of hydrogen-bond donors (Lipinski definition) is 0. The normalized spacial score (nSPS) is 20.3. The van der Waals surface area contributed by atoms with E-state index in [-0.39, 0.29) is 5.97 Å². The Labute approximate surface area is 123 Å². The lowest BCUT2D eigenvalue weighted by molar-refractivity contribution is 0.0181. The Hall–Kier alpha value is -2.61. The molecule has 2 heteroatoms. The quantitative estimate of drug-likeness (QED) is 0.619. The van der Waals surface area contributed by atoms with E-state index in [0.29, 0.717) is 5.56 Å². The van der Waals surface area contributed by atoms with Crippen molar-refractivity contribution >= 4 is 16.7 Å². The van der Waals surface area contributed by atoms with Crippen LogP contribution in [0.2, 0.25) is 0 Å². The molecule has 0 fully saturated rings. The first-order chi connectivity index (χ1) is 10.2. The highest BCUT2D eigenvalue weighted by molar-refractivity contribution is 6.08. The van der Waals surface area contributed by atoms with Crippen LogP contribution >= 0.6 is 0 Å². The van der Waals surface area contributed by atoms with E-state index in [1.54, 1.807) is 0 Å². The second-order valence-electron chi connectivity index (χ2n) is 5.50. The van der Waals surface area contributed by atoms with Gasteiger partial charge in [0.25, 0.3) is 0 Å². The molecule has 1 heterocycles. The van der Waals surface area contributed by atoms with Gasteiger partial charge in [-0.25, -0.2) is 4.79 Å². The minimum absolute atomic E-state index is 0.242. The predicted octanol–water partition coefficient (Wildman–Crippen LogP) is 4.27. The van der Waals surface area contributed by atoms with Crippen molar-refractivity contribution in [1.29, 1.82) is 0 Å². The zero-order chi connectivity index (χ0) is 14.4. The number of fused-ring (bicyclic) bond motifs is 3. The minimum atomic E-state index is -0.711. The summed E-state index contributed by atoms with van der Waals surface area (Å²) < 4.78 is 5.77. The van der Waals surface area contributed by atoms with E-state index in [1.807, 2.05) is 67.6 Å². The summed E-state index contributed by atoms with van der Waals surface area (Å²) in [6, 6.07) is 21.9. The molecule has 21 heavy (non-hydrogen) atoms. The molecule has 0 aliphatic carbocycles. The fourth-order valence-electron chi connectivity index (χ4n) is 3.15. The van der Waals surface area contributed by atoms with Crippen molar-refractivity contribution in [2.75, 3.05) is 0 Å². The highest BCUT2D eigenvalue weighted by Crippen LogP contribution is 2.43. The van der Waals surface area contributed by atoms with Gasteiger partial charge in [-0.15, -0.1) is 0 Å². The van der Waals surface area contributed by atoms with Crippen molar-refractivity contribution in [3.63, 3.8) is 0 Å². The van der Waals surface area contributed by atoms with Gasteiger partial charge in [-0.2, -0.15) is 0 Å². The third kappa shape index (κ3) is 1.62. The van der Waals surface area contributed by atoms with Crippen LogP contribution in [0.3, 0.4) is 0 Å². The van der Waals surface area contributed by atoms with Crippen LogP contribution in [0.1, 0.15) is 28.4 Å². The Balaban J connectivity index is 2.03. The van der Waals surface area contributed by atoms with Gasteiger partial charge in [-0.3, -0.25) is 0 Å². The lowest BCUT2D eigenvalue weighted by Gasteiger charge is -2.24. The van der Waals surface area contributed by atoms with Crippen LogP contribution in [0.15, 0.2) is 66.7 Å². The van der Waals surface area contributed by atoms with E-state index < -0.39 is 5.60 Å². The average molecular weight is 274 g/mol. The number of cyclic esters (lactones) is 1. The van der Waals surface area contributed by atoms with Crippen molar-refractivity contribution in [2.45, 2.75) is 12.5 Å². The minimum Gasteiger partial charge on any atom is -0.446 e. The van der Waals surface area contributed by atoms with Crippen LogP contribution < -0.4 is 0 Å². The van der Waals surface area contributed by atoms with Gasteiger partial charge in [0.2, 0.25) is 0 Å². The summed E-state index contributed by atoms with van der Waals surface area (Å²) in [6.07, 6.45) is 0. The monoisotopic (exact) mass is 274 g/mol. The second-order valence-corrected chi connectivity index (χ2v) is 5.50. The highest BCUT2D eigenvalue weighted by Gasteiger charge is 2.43. The van der Waals surface area contributed by atoms with Crippen LogP contribution in [-0.2, 0) is 10.3 Å². The Morgan fingerprint density at radius 2 is 1.57 bits per heavy atom. The number of hydrogen-bond acceptors (Lipinski definition) is 2. The van der Waals surface area contributed by atoms with Crippen molar-refractivity contribution in [3.8, 4) is 0 Å². The molecule has 0 spiro atoms. The number of esters is 1. The molecule has 1 atom stereocenters. The zero-order valence-corrected chi connectivity index (χ0v) is 11.7. The lowest BCUT2D eigenvalue weighted by atomic mass is 9.85. The van der Waals surface area contributed by atoms with E-state index in [0.717, 1.165) is 21.9 Å². The van der Waals surface area contributed by atoms with E-state index >= 15 is 0 Å². The van der Waals surface area contributed by atoms with E-state index in [4.69, 9.17) is 4.74 Å². The molecule has 0 radical (unpaired) electrons. The van der Waals surface area contributed by atoms with Gasteiger partial charge >= 0.3 is 5.97 Å². The van der Waals surface area contributed by atoms with Crippen molar-refractivity contribution < 1.29 is 9.53 Å². The Morgan fingerprint density at radius 1 is 0.857 bits per heavy atom. The van der Waals surface area contributed by atoms with Gasteiger partial charge in [0.1, 0.15) is 0 Å². The molecule has 1 unspecified atom stereocenters. The lowest BCUT2D eigenvalue weighted by Crippen LogP contribution is -2.23. The number of carbonyl (C=O) groups is 1. The van der Waals surface area contributed by atoms with Crippen LogP contribution in [0.25, 0.3) is 10.8 Å². The average Bonchev–Trinajstić information content (AvgIpc) is 2.81. The smallest absolute Gasteiger partial charge is 0.340 e. The molecule has 0 N–H and O–H groups in total. The Bertz CT molecular complexity index is 852. The molecule has 0 amide bonds. The summed E-state index contributed by atoms with van der Waals surface area (Å²) in [5.41, 5.74) is 1.92. The molecular weight excluding hydrogens is 260 g/mol. The predicted molar refractivity (Wildman–Crippen MR) is 82.3 cm³/mol. The molecule has 0 saturated carbocycles. The van der Waals surface area contributed by atoms with Crippen molar-refractivity contribution in [1.82, 2.24) is 0 Å². The molecule has 0 saturated heterocycles. The summed E-state index contributed by atoms with van der Waals surface area (Å²) in [4.78, 5) is 12.4. The number of carbonyl (C=O) groups excluding carboxylic acids is 1. The number of benzene rings is 3. The molecule has 4 rings (SSSR count). The standard InChI is InChI=1S/C19H14O2/c1-19(14-8-3-2-4-9-14)16-12-11-13-7-5-6-10-15(13)17(16)18(20)21-19/h2-12H,1H3. The molecule has 1 aliphatic rings. The van der Waals surface area contributed by atoms with Crippen molar-refractivity contribution in [2.24, 2.45) is 0 Å². The highest BCUT2D eigenvalue weighted by atomic mass is 16.6. The summed E-state index contributed by atoms with van der Waals surface area (Å²) in [7, 11) is 0. The van der Waals surface area contributed by atoms with Gasteiger partial charge < -0.3 is 4.74 Å².